The molecule has 0 aliphatic rings. The average molecular weight is 249 g/mol. The van der Waals surface area contributed by atoms with Crippen LogP contribution in [0.5, 0.6) is 0 Å². The first-order valence-corrected chi connectivity index (χ1v) is 4.75. The highest BCUT2D eigenvalue weighted by Crippen LogP contribution is 2.25. The lowest BCUT2D eigenvalue weighted by atomic mass is 10.1. The van der Waals surface area contributed by atoms with Gasteiger partial charge in [-0.3, -0.25) is 0 Å². The van der Waals surface area contributed by atoms with Gasteiger partial charge in [0, 0.05) is 16.6 Å². The van der Waals surface area contributed by atoms with Crippen molar-refractivity contribution in [1.82, 2.24) is 4.98 Å². The maximum atomic E-state index is 13.4. The van der Waals surface area contributed by atoms with Crippen LogP contribution in [0, 0.1) is 5.82 Å². The molecule has 0 unspecified atom stereocenters. The van der Waals surface area contributed by atoms with E-state index in [0.29, 0.717) is 17.1 Å². The third kappa shape index (κ3) is 2.25. The van der Waals surface area contributed by atoms with Gasteiger partial charge >= 0.3 is 0 Å². The van der Waals surface area contributed by atoms with Crippen molar-refractivity contribution in [1.29, 1.82) is 0 Å². The minimum Gasteiger partial charge on any atom is -0.359 e. The van der Waals surface area contributed by atoms with Crippen molar-refractivity contribution in [3.05, 3.63) is 34.7 Å². The number of aromatic nitrogens is 1. The summed E-state index contributed by atoms with van der Waals surface area (Å²) in [6, 6.07) is 3.05. The summed E-state index contributed by atoms with van der Waals surface area (Å²) in [5, 5.41) is 1.23. The standard InChI is InChI=1S/C10H10ClFN2.ClH/c11-7-3-8-6(1-2-13)5-14-10(8)9(12)4-7;/h3-5,14H,1-2,13H2;1H. The monoisotopic (exact) mass is 248 g/mol. The number of rotatable bonds is 2. The summed E-state index contributed by atoms with van der Waals surface area (Å²) >= 11 is 5.77. The number of hydrogen-bond donors (Lipinski definition) is 2. The Morgan fingerprint density at radius 3 is 2.80 bits per heavy atom. The molecule has 0 amide bonds. The Bertz CT molecular complexity index is 468. The van der Waals surface area contributed by atoms with Gasteiger partial charge in [0.1, 0.15) is 5.82 Å². The molecule has 15 heavy (non-hydrogen) atoms. The molecule has 5 heteroatoms. The zero-order valence-electron chi connectivity index (χ0n) is 7.89. The highest BCUT2D eigenvalue weighted by molar-refractivity contribution is 6.31. The third-order valence-electron chi connectivity index (χ3n) is 2.21. The Labute approximate surface area is 98.0 Å². The van der Waals surface area contributed by atoms with Crippen molar-refractivity contribution in [2.75, 3.05) is 6.54 Å². The van der Waals surface area contributed by atoms with Crippen LogP contribution in [0.2, 0.25) is 5.02 Å². The summed E-state index contributed by atoms with van der Waals surface area (Å²) < 4.78 is 13.4. The van der Waals surface area contributed by atoms with E-state index in [1.165, 1.54) is 6.07 Å². The first kappa shape index (κ1) is 12.3. The lowest BCUT2D eigenvalue weighted by molar-refractivity contribution is 0.637. The second kappa shape index (κ2) is 4.84. The van der Waals surface area contributed by atoms with Gasteiger partial charge in [-0.25, -0.2) is 4.39 Å². The maximum absolute atomic E-state index is 13.4. The molecular weight excluding hydrogens is 238 g/mol. The summed E-state index contributed by atoms with van der Waals surface area (Å²) in [7, 11) is 0. The second-order valence-corrected chi connectivity index (χ2v) is 3.60. The Balaban J connectivity index is 0.00000112. The van der Waals surface area contributed by atoms with Gasteiger partial charge in [-0.1, -0.05) is 11.6 Å². The predicted molar refractivity (Wildman–Crippen MR) is 63.3 cm³/mol. The van der Waals surface area contributed by atoms with Crippen molar-refractivity contribution in [2.45, 2.75) is 6.42 Å². The number of aromatic amines is 1. The van der Waals surface area contributed by atoms with E-state index in [-0.39, 0.29) is 18.2 Å². The van der Waals surface area contributed by atoms with E-state index in [1.807, 2.05) is 0 Å². The first-order chi connectivity index (χ1) is 6.72. The lowest BCUT2D eigenvalue weighted by Crippen LogP contribution is -2.01. The largest absolute Gasteiger partial charge is 0.359 e. The van der Waals surface area contributed by atoms with E-state index < -0.39 is 0 Å². The highest BCUT2D eigenvalue weighted by Gasteiger charge is 2.08. The Morgan fingerprint density at radius 2 is 2.13 bits per heavy atom. The Morgan fingerprint density at radius 1 is 1.40 bits per heavy atom. The summed E-state index contributed by atoms with van der Waals surface area (Å²) in [5.41, 5.74) is 6.95. The molecule has 0 saturated carbocycles. The molecule has 1 aromatic heterocycles. The SMILES string of the molecule is Cl.NCCc1c[nH]c2c(F)cc(Cl)cc12. The summed E-state index contributed by atoms with van der Waals surface area (Å²) in [6.07, 6.45) is 2.50. The van der Waals surface area contributed by atoms with Gasteiger partial charge in [-0.05, 0) is 30.7 Å². The molecule has 1 heterocycles. The Kier molecular flexibility index (Phi) is 3.97. The van der Waals surface area contributed by atoms with E-state index in [4.69, 9.17) is 17.3 Å². The van der Waals surface area contributed by atoms with Crippen molar-refractivity contribution in [2.24, 2.45) is 5.73 Å². The molecule has 2 aromatic rings. The van der Waals surface area contributed by atoms with Crippen LogP contribution >= 0.6 is 24.0 Å². The van der Waals surface area contributed by atoms with E-state index in [9.17, 15) is 4.39 Å². The lowest BCUT2D eigenvalue weighted by Gasteiger charge is -1.97. The molecule has 0 aliphatic carbocycles. The normalized spacial score (nSPS) is 10.3. The maximum Gasteiger partial charge on any atom is 0.148 e. The summed E-state index contributed by atoms with van der Waals surface area (Å²) in [4.78, 5) is 2.88. The number of hydrogen-bond acceptors (Lipinski definition) is 1. The number of benzene rings is 1. The molecule has 0 fully saturated rings. The van der Waals surface area contributed by atoms with Crippen molar-refractivity contribution < 1.29 is 4.39 Å². The van der Waals surface area contributed by atoms with Crippen LogP contribution in [0.1, 0.15) is 5.56 Å². The Hall–Kier alpha value is -0.770. The third-order valence-corrected chi connectivity index (χ3v) is 2.42. The van der Waals surface area contributed by atoms with Gasteiger partial charge in [0.2, 0.25) is 0 Å². The second-order valence-electron chi connectivity index (χ2n) is 3.16. The predicted octanol–water partition coefficient (Wildman–Crippen LogP) is 2.88. The van der Waals surface area contributed by atoms with Gasteiger partial charge in [0.05, 0.1) is 5.52 Å². The van der Waals surface area contributed by atoms with Gasteiger partial charge in [-0.2, -0.15) is 0 Å². The number of halogens is 3. The highest BCUT2D eigenvalue weighted by atomic mass is 35.5. The molecule has 0 aliphatic heterocycles. The average Bonchev–Trinajstić information content (AvgIpc) is 2.49. The van der Waals surface area contributed by atoms with Crippen LogP contribution in [0.15, 0.2) is 18.3 Å². The van der Waals surface area contributed by atoms with E-state index in [2.05, 4.69) is 4.98 Å². The first-order valence-electron chi connectivity index (χ1n) is 4.37. The summed E-state index contributed by atoms with van der Waals surface area (Å²) in [6.45, 7) is 0.543. The fourth-order valence-electron chi connectivity index (χ4n) is 1.57. The number of nitrogens with one attached hydrogen (secondary N) is 1. The molecule has 2 rings (SSSR count). The number of H-pyrrole nitrogens is 1. The molecule has 0 atom stereocenters. The van der Waals surface area contributed by atoms with Crippen LogP contribution in [-0.2, 0) is 6.42 Å². The molecule has 0 spiro atoms. The molecule has 3 N–H and O–H groups in total. The molecular formula is C10H11Cl2FN2. The molecule has 0 radical (unpaired) electrons. The van der Waals surface area contributed by atoms with Gasteiger partial charge in [-0.15, -0.1) is 12.4 Å². The van der Waals surface area contributed by atoms with Crippen LogP contribution in [0.25, 0.3) is 10.9 Å². The van der Waals surface area contributed by atoms with Crippen LogP contribution in [-0.4, -0.2) is 11.5 Å². The van der Waals surface area contributed by atoms with Crippen LogP contribution < -0.4 is 5.73 Å². The quantitative estimate of drug-likeness (QED) is 0.844. The topological polar surface area (TPSA) is 41.8 Å². The van der Waals surface area contributed by atoms with Crippen LogP contribution in [0.3, 0.4) is 0 Å². The minimum atomic E-state index is -0.323. The molecule has 0 bridgehead atoms. The minimum absolute atomic E-state index is 0. The van der Waals surface area contributed by atoms with Gasteiger partial charge in [0.15, 0.2) is 0 Å². The van der Waals surface area contributed by atoms with E-state index in [1.54, 1.807) is 12.3 Å². The molecule has 2 nitrogen and oxygen atoms in total. The smallest absolute Gasteiger partial charge is 0.148 e. The van der Waals surface area contributed by atoms with Gasteiger partial charge in [0.25, 0.3) is 0 Å². The number of fused-ring (bicyclic) bond motifs is 1. The van der Waals surface area contributed by atoms with Gasteiger partial charge < -0.3 is 10.7 Å². The fourth-order valence-corrected chi connectivity index (χ4v) is 1.78. The zero-order chi connectivity index (χ0) is 10.1. The van der Waals surface area contributed by atoms with Crippen molar-refractivity contribution in [3.63, 3.8) is 0 Å². The van der Waals surface area contributed by atoms with E-state index >= 15 is 0 Å². The van der Waals surface area contributed by atoms with Crippen LogP contribution in [0.4, 0.5) is 4.39 Å². The molecule has 1 aromatic carbocycles. The molecule has 82 valence electrons. The number of nitrogens with two attached hydrogens (primary N) is 1. The van der Waals surface area contributed by atoms with Crippen molar-refractivity contribution in [3.8, 4) is 0 Å². The fraction of sp³-hybridized carbons (Fsp3) is 0.200. The summed E-state index contributed by atoms with van der Waals surface area (Å²) in [5.74, 6) is -0.323. The van der Waals surface area contributed by atoms with E-state index in [0.717, 1.165) is 17.4 Å². The van der Waals surface area contributed by atoms with Crippen molar-refractivity contribution >= 4 is 34.9 Å². The zero-order valence-corrected chi connectivity index (χ0v) is 9.46. The molecule has 0 saturated heterocycles.